The van der Waals surface area contributed by atoms with Crippen LogP contribution in [0.4, 0.5) is 4.39 Å². The van der Waals surface area contributed by atoms with Gasteiger partial charge in [-0.1, -0.05) is 12.1 Å². The minimum Gasteiger partial charge on any atom is -0.421 e. The van der Waals surface area contributed by atoms with Crippen LogP contribution in [0.5, 0.6) is 0 Å². The fraction of sp³-hybridized carbons (Fsp3) is 0.286. The first kappa shape index (κ1) is 19.7. The fourth-order valence-corrected chi connectivity index (χ4v) is 2.81. The number of aromatic nitrogens is 2. The van der Waals surface area contributed by atoms with E-state index in [1.165, 1.54) is 6.07 Å². The summed E-state index contributed by atoms with van der Waals surface area (Å²) in [6.45, 7) is 3.44. The predicted molar refractivity (Wildman–Crippen MR) is 103 cm³/mol. The third kappa shape index (κ3) is 4.26. The van der Waals surface area contributed by atoms with Gasteiger partial charge in [0, 0.05) is 31.2 Å². The lowest BCUT2D eigenvalue weighted by molar-refractivity contribution is 0.0950. The Labute approximate surface area is 162 Å². The van der Waals surface area contributed by atoms with E-state index in [2.05, 4.69) is 15.5 Å². The van der Waals surface area contributed by atoms with E-state index in [4.69, 9.17) is 9.52 Å². The van der Waals surface area contributed by atoms with Gasteiger partial charge in [-0.05, 0) is 60.7 Å². The Bertz CT molecular complexity index is 979. The molecule has 1 saturated carbocycles. The molecular formula is C21H22FN3O3. The summed E-state index contributed by atoms with van der Waals surface area (Å²) in [5.74, 6) is 0.316. The van der Waals surface area contributed by atoms with E-state index in [1.54, 1.807) is 19.9 Å². The van der Waals surface area contributed by atoms with Crippen molar-refractivity contribution in [3.05, 3.63) is 59.2 Å². The zero-order chi connectivity index (χ0) is 20.3. The van der Waals surface area contributed by atoms with Gasteiger partial charge in [-0.3, -0.25) is 4.79 Å². The van der Waals surface area contributed by atoms with Gasteiger partial charge in [0.2, 0.25) is 11.8 Å². The molecule has 6 nitrogen and oxygen atoms in total. The summed E-state index contributed by atoms with van der Waals surface area (Å²) in [6.07, 6.45) is 1.98. The van der Waals surface area contributed by atoms with Crippen LogP contribution in [0.2, 0.25) is 0 Å². The molecule has 3 aromatic rings. The summed E-state index contributed by atoms with van der Waals surface area (Å²) in [5.41, 5.74) is 3.15. The first-order valence-corrected chi connectivity index (χ1v) is 8.98. The SMILES string of the molecule is CO.Cc1nnc(-c2ccc(-c3cc(C(=O)NC4CC4)cc(F)c3C)cc2)o1. The molecule has 1 heterocycles. The number of aryl methyl sites for hydroxylation is 1. The molecule has 1 amide bonds. The van der Waals surface area contributed by atoms with Gasteiger partial charge < -0.3 is 14.8 Å². The molecule has 4 rings (SSSR count). The summed E-state index contributed by atoms with van der Waals surface area (Å²) < 4.78 is 19.8. The van der Waals surface area contributed by atoms with Crippen LogP contribution in [0.3, 0.4) is 0 Å². The van der Waals surface area contributed by atoms with Crippen LogP contribution in [0.15, 0.2) is 40.8 Å². The van der Waals surface area contributed by atoms with Gasteiger partial charge in [0.15, 0.2) is 0 Å². The molecule has 1 fully saturated rings. The molecule has 1 aliphatic carbocycles. The lowest BCUT2D eigenvalue weighted by atomic mass is 9.96. The largest absolute Gasteiger partial charge is 0.421 e. The normalized spacial score (nSPS) is 12.9. The molecule has 2 aromatic carbocycles. The van der Waals surface area contributed by atoms with E-state index >= 15 is 0 Å². The van der Waals surface area contributed by atoms with Gasteiger partial charge >= 0.3 is 0 Å². The van der Waals surface area contributed by atoms with E-state index in [0.29, 0.717) is 28.5 Å². The Balaban J connectivity index is 0.00000109. The van der Waals surface area contributed by atoms with Crippen molar-refractivity contribution in [2.45, 2.75) is 32.7 Å². The van der Waals surface area contributed by atoms with Gasteiger partial charge in [0.05, 0.1) is 0 Å². The second-order valence-electron chi connectivity index (χ2n) is 6.58. The maximum Gasteiger partial charge on any atom is 0.251 e. The van der Waals surface area contributed by atoms with Crippen LogP contribution in [-0.2, 0) is 0 Å². The third-order valence-corrected chi connectivity index (χ3v) is 4.49. The van der Waals surface area contributed by atoms with Gasteiger partial charge in [-0.25, -0.2) is 4.39 Å². The lowest BCUT2D eigenvalue weighted by Gasteiger charge is -2.11. The lowest BCUT2D eigenvalue weighted by Crippen LogP contribution is -2.25. The van der Waals surface area contributed by atoms with E-state index in [9.17, 15) is 9.18 Å². The van der Waals surface area contributed by atoms with E-state index < -0.39 is 0 Å². The van der Waals surface area contributed by atoms with Crippen molar-refractivity contribution >= 4 is 5.91 Å². The van der Waals surface area contributed by atoms with Crippen LogP contribution < -0.4 is 5.32 Å². The first-order valence-electron chi connectivity index (χ1n) is 8.98. The second kappa shape index (κ2) is 8.31. The van der Waals surface area contributed by atoms with Crippen LogP contribution in [0, 0.1) is 19.7 Å². The highest BCUT2D eigenvalue weighted by atomic mass is 19.1. The number of amides is 1. The molecule has 1 aromatic heterocycles. The van der Waals surface area contributed by atoms with Crippen molar-refractivity contribution < 1.29 is 18.7 Å². The quantitative estimate of drug-likeness (QED) is 0.718. The van der Waals surface area contributed by atoms with Crippen LogP contribution in [0.25, 0.3) is 22.6 Å². The van der Waals surface area contributed by atoms with Gasteiger partial charge in [-0.2, -0.15) is 0 Å². The molecule has 28 heavy (non-hydrogen) atoms. The summed E-state index contributed by atoms with van der Waals surface area (Å²) in [7, 11) is 1.00. The number of carbonyl (C=O) groups is 1. The zero-order valence-electron chi connectivity index (χ0n) is 16.0. The topological polar surface area (TPSA) is 88.2 Å². The van der Waals surface area contributed by atoms with Gasteiger partial charge in [-0.15, -0.1) is 10.2 Å². The third-order valence-electron chi connectivity index (χ3n) is 4.49. The summed E-state index contributed by atoms with van der Waals surface area (Å²) in [5, 5.41) is 17.7. The highest BCUT2D eigenvalue weighted by Crippen LogP contribution is 2.29. The van der Waals surface area contributed by atoms with Crippen molar-refractivity contribution in [1.29, 1.82) is 0 Å². The molecule has 146 valence electrons. The van der Waals surface area contributed by atoms with Crippen molar-refractivity contribution in [2.24, 2.45) is 0 Å². The fourth-order valence-electron chi connectivity index (χ4n) is 2.81. The predicted octanol–water partition coefficient (Wildman–Crippen LogP) is 3.66. The summed E-state index contributed by atoms with van der Waals surface area (Å²) >= 11 is 0. The average molecular weight is 383 g/mol. The van der Waals surface area contributed by atoms with E-state index in [-0.39, 0.29) is 17.8 Å². The first-order chi connectivity index (χ1) is 13.5. The number of aliphatic hydroxyl groups is 1. The highest BCUT2D eigenvalue weighted by Gasteiger charge is 2.24. The van der Waals surface area contributed by atoms with Crippen LogP contribution >= 0.6 is 0 Å². The number of benzene rings is 2. The maximum absolute atomic E-state index is 14.4. The Morgan fingerprint density at radius 1 is 1.11 bits per heavy atom. The molecule has 0 bridgehead atoms. The van der Waals surface area contributed by atoms with Gasteiger partial charge in [0.25, 0.3) is 5.91 Å². The van der Waals surface area contributed by atoms with Crippen molar-refractivity contribution in [3.63, 3.8) is 0 Å². The maximum atomic E-state index is 14.4. The standard InChI is InChI=1S/C20H18FN3O2.CH4O/c1-11-17(9-15(10-18(11)21)19(25)22-16-7-8-16)13-3-5-14(6-4-13)20-24-23-12(2)26-20;1-2/h3-6,9-10,16H,7-8H2,1-2H3,(H,22,25);2H,1H3. The monoisotopic (exact) mass is 383 g/mol. The Kier molecular flexibility index (Phi) is 5.84. The Morgan fingerprint density at radius 3 is 2.32 bits per heavy atom. The van der Waals surface area contributed by atoms with Crippen LogP contribution in [-0.4, -0.2) is 34.4 Å². The summed E-state index contributed by atoms with van der Waals surface area (Å²) in [4.78, 5) is 12.3. The van der Waals surface area contributed by atoms with E-state index in [0.717, 1.165) is 31.1 Å². The number of hydrogen-bond donors (Lipinski definition) is 2. The molecule has 2 N–H and O–H groups in total. The molecule has 0 spiro atoms. The molecule has 7 heteroatoms. The van der Waals surface area contributed by atoms with Crippen molar-refractivity contribution in [1.82, 2.24) is 15.5 Å². The smallest absolute Gasteiger partial charge is 0.251 e. The molecule has 0 saturated heterocycles. The number of rotatable bonds is 4. The molecule has 0 unspecified atom stereocenters. The molecule has 0 aliphatic heterocycles. The Hall–Kier alpha value is -3.06. The number of hydrogen-bond acceptors (Lipinski definition) is 5. The van der Waals surface area contributed by atoms with Gasteiger partial charge in [0.1, 0.15) is 5.82 Å². The average Bonchev–Trinajstić information content (AvgIpc) is 3.42. The van der Waals surface area contributed by atoms with Crippen LogP contribution in [0.1, 0.15) is 34.7 Å². The second-order valence-corrected chi connectivity index (χ2v) is 6.58. The molecule has 1 aliphatic rings. The summed E-state index contributed by atoms with van der Waals surface area (Å²) in [6, 6.07) is 10.7. The minimum absolute atomic E-state index is 0.229. The highest BCUT2D eigenvalue weighted by molar-refractivity contribution is 5.96. The number of nitrogens with zero attached hydrogens (tertiary/aromatic N) is 2. The number of carbonyl (C=O) groups excluding carboxylic acids is 1. The number of aliphatic hydroxyl groups excluding tert-OH is 1. The number of nitrogens with one attached hydrogen (secondary N) is 1. The zero-order valence-corrected chi connectivity index (χ0v) is 16.0. The van der Waals surface area contributed by atoms with Crippen molar-refractivity contribution in [3.8, 4) is 22.6 Å². The minimum atomic E-state index is -0.389. The Morgan fingerprint density at radius 2 is 1.75 bits per heavy atom. The van der Waals surface area contributed by atoms with E-state index in [1.807, 2.05) is 24.3 Å². The molecular weight excluding hydrogens is 361 g/mol. The molecule has 0 atom stereocenters. The van der Waals surface area contributed by atoms with Crippen molar-refractivity contribution in [2.75, 3.05) is 7.11 Å². The molecule has 0 radical (unpaired) electrons. The number of halogens is 1.